The van der Waals surface area contributed by atoms with Crippen LogP contribution in [0, 0.1) is 0 Å². The van der Waals surface area contributed by atoms with Crippen molar-refractivity contribution in [3.05, 3.63) is 29.8 Å². The molecule has 1 aromatic rings. The molecule has 88 valence electrons. The van der Waals surface area contributed by atoms with Crippen molar-refractivity contribution in [3.63, 3.8) is 0 Å². The summed E-state index contributed by atoms with van der Waals surface area (Å²) in [4.78, 5) is 11.2. The van der Waals surface area contributed by atoms with Gasteiger partial charge in [0, 0.05) is 12.0 Å². The van der Waals surface area contributed by atoms with Gasteiger partial charge in [-0.15, -0.1) is 0 Å². The van der Waals surface area contributed by atoms with Gasteiger partial charge < -0.3 is 9.84 Å². The average molecular weight is 242 g/mol. The zero-order valence-electron chi connectivity index (χ0n) is 9.17. The van der Waals surface area contributed by atoms with E-state index in [1.807, 2.05) is 6.92 Å². The molecule has 4 nitrogen and oxygen atoms in total. The molecule has 0 heterocycles. The smallest absolute Gasteiger partial charge is 0.335 e. The first-order chi connectivity index (χ1) is 7.54. The highest BCUT2D eigenvalue weighted by Crippen LogP contribution is 2.11. The SMILES string of the molecule is COC(C)CS(=O)c1cccc(C(=O)O)c1. The van der Waals surface area contributed by atoms with Crippen LogP contribution in [0.3, 0.4) is 0 Å². The van der Waals surface area contributed by atoms with E-state index in [9.17, 15) is 9.00 Å². The number of aromatic carboxylic acids is 1. The summed E-state index contributed by atoms with van der Waals surface area (Å²) in [6.45, 7) is 1.82. The topological polar surface area (TPSA) is 63.6 Å². The van der Waals surface area contributed by atoms with Crippen molar-refractivity contribution < 1.29 is 18.8 Å². The first-order valence-electron chi connectivity index (χ1n) is 4.79. The number of methoxy groups -OCH3 is 1. The lowest BCUT2D eigenvalue weighted by atomic mass is 10.2. The minimum Gasteiger partial charge on any atom is -0.478 e. The largest absolute Gasteiger partial charge is 0.478 e. The second-order valence-corrected chi connectivity index (χ2v) is 4.89. The van der Waals surface area contributed by atoms with Gasteiger partial charge in [-0.25, -0.2) is 4.79 Å². The number of carboxylic acids is 1. The monoisotopic (exact) mass is 242 g/mol. The molecule has 0 aliphatic carbocycles. The van der Waals surface area contributed by atoms with Gasteiger partial charge in [0.15, 0.2) is 0 Å². The van der Waals surface area contributed by atoms with Gasteiger partial charge in [0.1, 0.15) is 0 Å². The molecular weight excluding hydrogens is 228 g/mol. The average Bonchev–Trinajstić information content (AvgIpc) is 2.28. The van der Waals surface area contributed by atoms with Crippen LogP contribution in [0.2, 0.25) is 0 Å². The Hall–Kier alpha value is -1.20. The Morgan fingerprint density at radius 1 is 1.56 bits per heavy atom. The van der Waals surface area contributed by atoms with Gasteiger partial charge in [-0.1, -0.05) is 6.07 Å². The standard InChI is InChI=1S/C11H14O4S/c1-8(15-2)7-16(14)10-5-3-4-9(6-10)11(12)13/h3-6,8H,7H2,1-2H3,(H,12,13). The van der Waals surface area contributed by atoms with Crippen molar-refractivity contribution in [2.75, 3.05) is 12.9 Å². The summed E-state index contributed by atoms with van der Waals surface area (Å²) >= 11 is 0. The van der Waals surface area contributed by atoms with E-state index in [-0.39, 0.29) is 11.7 Å². The van der Waals surface area contributed by atoms with Gasteiger partial charge in [-0.05, 0) is 25.1 Å². The molecule has 1 aromatic carbocycles. The molecule has 0 amide bonds. The van der Waals surface area contributed by atoms with Gasteiger partial charge >= 0.3 is 5.97 Å². The highest BCUT2D eigenvalue weighted by atomic mass is 32.2. The molecule has 0 saturated heterocycles. The summed E-state index contributed by atoms with van der Waals surface area (Å²) in [6.07, 6.45) is -0.116. The minimum absolute atomic E-state index is 0.116. The molecule has 2 atom stereocenters. The predicted molar refractivity (Wildman–Crippen MR) is 61.1 cm³/mol. The normalized spacial score (nSPS) is 14.4. The van der Waals surface area contributed by atoms with E-state index < -0.39 is 16.8 Å². The number of rotatable bonds is 5. The van der Waals surface area contributed by atoms with Gasteiger partial charge in [-0.3, -0.25) is 4.21 Å². The highest BCUT2D eigenvalue weighted by Gasteiger charge is 2.11. The van der Waals surface area contributed by atoms with Gasteiger partial charge in [0.2, 0.25) is 0 Å². The second kappa shape index (κ2) is 5.77. The number of carboxylic acid groups (broad SMARTS) is 1. The maximum Gasteiger partial charge on any atom is 0.335 e. The van der Waals surface area contributed by atoms with E-state index >= 15 is 0 Å². The molecule has 0 fully saturated rings. The maximum absolute atomic E-state index is 11.8. The van der Waals surface area contributed by atoms with Crippen LogP contribution in [0.15, 0.2) is 29.2 Å². The number of carbonyl (C=O) groups is 1. The van der Waals surface area contributed by atoms with Crippen LogP contribution >= 0.6 is 0 Å². The molecule has 0 aliphatic rings. The van der Waals surface area contributed by atoms with E-state index in [2.05, 4.69) is 0 Å². The van der Waals surface area contributed by atoms with Crippen LogP contribution in [-0.2, 0) is 15.5 Å². The van der Waals surface area contributed by atoms with Crippen LogP contribution in [0.25, 0.3) is 0 Å². The Kier molecular flexibility index (Phi) is 4.64. The number of hydrogen-bond donors (Lipinski definition) is 1. The molecule has 0 aromatic heterocycles. The molecule has 0 spiro atoms. The predicted octanol–water partition coefficient (Wildman–Crippen LogP) is 1.53. The highest BCUT2D eigenvalue weighted by molar-refractivity contribution is 7.85. The van der Waals surface area contributed by atoms with Gasteiger partial charge in [0.05, 0.1) is 28.2 Å². The lowest BCUT2D eigenvalue weighted by Crippen LogP contribution is -2.15. The summed E-state index contributed by atoms with van der Waals surface area (Å²) in [7, 11) is 0.323. The Morgan fingerprint density at radius 3 is 2.81 bits per heavy atom. The molecule has 2 unspecified atom stereocenters. The fourth-order valence-electron chi connectivity index (χ4n) is 1.15. The molecule has 1 rings (SSSR count). The Morgan fingerprint density at radius 2 is 2.25 bits per heavy atom. The lowest BCUT2D eigenvalue weighted by molar-refractivity contribution is 0.0696. The molecular formula is C11H14O4S. The zero-order chi connectivity index (χ0) is 12.1. The fraction of sp³-hybridized carbons (Fsp3) is 0.364. The molecule has 0 radical (unpaired) electrons. The Labute approximate surface area is 96.7 Å². The minimum atomic E-state index is -1.23. The van der Waals surface area contributed by atoms with Gasteiger partial charge in [-0.2, -0.15) is 0 Å². The molecule has 5 heteroatoms. The lowest BCUT2D eigenvalue weighted by Gasteiger charge is -2.09. The van der Waals surface area contributed by atoms with E-state index in [4.69, 9.17) is 9.84 Å². The first-order valence-corrected chi connectivity index (χ1v) is 6.11. The van der Waals surface area contributed by atoms with E-state index in [1.165, 1.54) is 12.1 Å². The van der Waals surface area contributed by atoms with Crippen molar-refractivity contribution in [2.24, 2.45) is 0 Å². The molecule has 0 saturated carbocycles. The third kappa shape index (κ3) is 3.43. The van der Waals surface area contributed by atoms with Gasteiger partial charge in [0.25, 0.3) is 0 Å². The molecule has 0 bridgehead atoms. The van der Waals surface area contributed by atoms with Crippen LogP contribution in [0.4, 0.5) is 0 Å². The molecule has 0 aliphatic heterocycles. The summed E-state index contributed by atoms with van der Waals surface area (Å²) in [6, 6.07) is 6.16. The van der Waals surface area contributed by atoms with Crippen molar-refractivity contribution in [1.82, 2.24) is 0 Å². The summed E-state index contributed by atoms with van der Waals surface area (Å²) in [5, 5.41) is 8.80. The Bertz CT molecular complexity index is 403. The summed E-state index contributed by atoms with van der Waals surface area (Å²) in [5.41, 5.74) is 0.149. The first kappa shape index (κ1) is 12.9. The van der Waals surface area contributed by atoms with Crippen LogP contribution in [0.1, 0.15) is 17.3 Å². The number of benzene rings is 1. The quantitative estimate of drug-likeness (QED) is 0.850. The van der Waals surface area contributed by atoms with E-state index in [0.29, 0.717) is 10.6 Å². The summed E-state index contributed by atoms with van der Waals surface area (Å²) < 4.78 is 16.8. The van der Waals surface area contributed by atoms with E-state index in [0.717, 1.165) is 0 Å². The van der Waals surface area contributed by atoms with Crippen molar-refractivity contribution in [1.29, 1.82) is 0 Å². The number of hydrogen-bond acceptors (Lipinski definition) is 3. The Balaban J connectivity index is 2.83. The second-order valence-electron chi connectivity index (χ2n) is 3.39. The van der Waals surface area contributed by atoms with Crippen LogP contribution < -0.4 is 0 Å². The van der Waals surface area contributed by atoms with Crippen LogP contribution in [0.5, 0.6) is 0 Å². The fourth-order valence-corrected chi connectivity index (χ4v) is 2.39. The third-order valence-electron chi connectivity index (χ3n) is 2.13. The number of ether oxygens (including phenoxy) is 1. The maximum atomic E-state index is 11.8. The van der Waals surface area contributed by atoms with Crippen LogP contribution in [-0.4, -0.2) is 34.3 Å². The molecule has 16 heavy (non-hydrogen) atoms. The molecule has 1 N–H and O–H groups in total. The van der Waals surface area contributed by atoms with Crippen molar-refractivity contribution in [3.8, 4) is 0 Å². The van der Waals surface area contributed by atoms with Crippen molar-refractivity contribution >= 4 is 16.8 Å². The third-order valence-corrected chi connectivity index (χ3v) is 3.68. The zero-order valence-corrected chi connectivity index (χ0v) is 9.99. The van der Waals surface area contributed by atoms with E-state index in [1.54, 1.807) is 19.2 Å². The van der Waals surface area contributed by atoms with Crippen molar-refractivity contribution in [2.45, 2.75) is 17.9 Å². The summed E-state index contributed by atoms with van der Waals surface area (Å²) in [5.74, 6) is -0.654.